The molecule has 0 aliphatic rings. The van der Waals surface area contributed by atoms with Crippen LogP contribution in [0, 0.1) is 0 Å². The highest BCUT2D eigenvalue weighted by molar-refractivity contribution is 5.92. The van der Waals surface area contributed by atoms with Gasteiger partial charge in [-0.05, 0) is 45.5 Å². The Morgan fingerprint density at radius 3 is 1.24 bits per heavy atom. The van der Waals surface area contributed by atoms with Crippen molar-refractivity contribution in [3.05, 3.63) is 96.1 Å². The van der Waals surface area contributed by atoms with Crippen LogP contribution in [-0.4, -0.2) is 23.6 Å². The van der Waals surface area contributed by atoms with Crippen LogP contribution in [0.2, 0.25) is 0 Å². The van der Waals surface area contributed by atoms with E-state index in [1.807, 2.05) is 84.9 Å². The van der Waals surface area contributed by atoms with E-state index < -0.39 is 0 Å². The van der Waals surface area contributed by atoms with Crippen molar-refractivity contribution in [3.8, 4) is 0 Å². The molecule has 4 amide bonds. The van der Waals surface area contributed by atoms with Crippen LogP contribution >= 0.6 is 0 Å². The maximum atomic E-state index is 12.3. The van der Waals surface area contributed by atoms with E-state index in [-0.39, 0.29) is 36.5 Å². The molecular weight excluding hydrogens is 516 g/mol. The summed E-state index contributed by atoms with van der Waals surface area (Å²) in [5.74, 6) is -0.986. The van der Waals surface area contributed by atoms with Gasteiger partial charge in [0.15, 0.2) is 0 Å². The number of hydrogen-bond acceptors (Lipinski definition) is 4. The molecule has 0 heterocycles. The lowest BCUT2D eigenvalue weighted by molar-refractivity contribution is -0.128. The van der Waals surface area contributed by atoms with Crippen LogP contribution in [0.25, 0.3) is 21.5 Å². The normalized spacial score (nSPS) is 10.7. The van der Waals surface area contributed by atoms with Gasteiger partial charge in [0, 0.05) is 12.8 Å². The molecule has 4 aromatic carbocycles. The van der Waals surface area contributed by atoms with Gasteiger partial charge >= 0.3 is 0 Å². The van der Waals surface area contributed by atoms with E-state index in [4.69, 9.17) is 0 Å². The minimum absolute atomic E-state index is 0.184. The van der Waals surface area contributed by atoms with Crippen LogP contribution in [-0.2, 0) is 32.0 Å². The van der Waals surface area contributed by atoms with E-state index in [0.29, 0.717) is 25.7 Å². The summed E-state index contributed by atoms with van der Waals surface area (Å²) in [6.45, 7) is 0. The van der Waals surface area contributed by atoms with Crippen molar-refractivity contribution in [1.29, 1.82) is 0 Å². The highest BCUT2D eigenvalue weighted by Gasteiger charge is 2.10. The average molecular weight is 553 g/mol. The molecule has 8 nitrogen and oxygen atoms in total. The summed E-state index contributed by atoms with van der Waals surface area (Å²) in [4.78, 5) is 48.8. The lowest BCUT2D eigenvalue weighted by Gasteiger charge is -2.10. The molecule has 0 spiro atoms. The first-order valence-electron chi connectivity index (χ1n) is 14.1. The molecule has 0 atom stereocenters. The van der Waals surface area contributed by atoms with Crippen molar-refractivity contribution in [2.75, 3.05) is 0 Å². The predicted molar refractivity (Wildman–Crippen MR) is 160 cm³/mol. The number of fused-ring (bicyclic) bond motifs is 2. The minimum Gasteiger partial charge on any atom is -0.273 e. The average Bonchev–Trinajstić information content (AvgIpc) is 2.99. The fourth-order valence-electron chi connectivity index (χ4n) is 4.83. The van der Waals surface area contributed by atoms with Crippen molar-refractivity contribution >= 4 is 45.2 Å². The number of amides is 4. The highest BCUT2D eigenvalue weighted by Crippen LogP contribution is 2.20. The largest absolute Gasteiger partial charge is 0.273 e. The molecule has 0 aliphatic carbocycles. The zero-order chi connectivity index (χ0) is 28.9. The van der Waals surface area contributed by atoms with Gasteiger partial charge in [0.1, 0.15) is 0 Å². The Bertz CT molecular complexity index is 1390. The van der Waals surface area contributed by atoms with E-state index in [2.05, 4.69) is 21.7 Å². The number of carbonyl (C=O) groups is 4. The minimum atomic E-state index is -0.266. The fraction of sp³-hybridized carbons (Fsp3) is 0.273. The molecule has 0 unspecified atom stereocenters. The predicted octanol–water partition coefficient (Wildman–Crippen LogP) is 4.80. The van der Waals surface area contributed by atoms with Crippen LogP contribution in [0.3, 0.4) is 0 Å². The smallest absolute Gasteiger partial charge is 0.242 e. The third kappa shape index (κ3) is 9.17. The molecule has 8 heteroatoms. The molecule has 4 aromatic rings. The SMILES string of the molecule is O=C(CCCCCCCC(=O)NNC(=O)Cc1cccc2ccccc12)NNC(=O)Cc1cccc2ccccc12. The second-order valence-corrected chi connectivity index (χ2v) is 10.1. The van der Waals surface area contributed by atoms with Gasteiger partial charge < -0.3 is 0 Å². The molecule has 41 heavy (non-hydrogen) atoms. The molecule has 4 N–H and O–H groups in total. The lowest BCUT2D eigenvalue weighted by Crippen LogP contribution is -2.42. The van der Waals surface area contributed by atoms with Gasteiger partial charge in [0.05, 0.1) is 12.8 Å². The highest BCUT2D eigenvalue weighted by atomic mass is 16.2. The topological polar surface area (TPSA) is 116 Å². The van der Waals surface area contributed by atoms with Crippen molar-refractivity contribution in [2.45, 2.75) is 57.8 Å². The summed E-state index contributed by atoms with van der Waals surface area (Å²) < 4.78 is 0. The molecule has 0 radical (unpaired) electrons. The van der Waals surface area contributed by atoms with Gasteiger partial charge in [-0.1, -0.05) is 104 Å². The zero-order valence-electron chi connectivity index (χ0n) is 23.1. The first-order chi connectivity index (χ1) is 20.0. The van der Waals surface area contributed by atoms with Gasteiger partial charge in [-0.2, -0.15) is 0 Å². The van der Waals surface area contributed by atoms with E-state index in [1.165, 1.54) is 0 Å². The quantitative estimate of drug-likeness (QED) is 0.149. The maximum absolute atomic E-state index is 12.3. The lowest BCUT2D eigenvalue weighted by atomic mass is 10.0. The van der Waals surface area contributed by atoms with Crippen molar-refractivity contribution < 1.29 is 19.2 Å². The summed E-state index contributed by atoms with van der Waals surface area (Å²) >= 11 is 0. The number of hydrogen-bond donors (Lipinski definition) is 4. The summed E-state index contributed by atoms with van der Waals surface area (Å²) in [6.07, 6.45) is 4.98. The summed E-state index contributed by atoms with van der Waals surface area (Å²) in [5.41, 5.74) is 11.8. The number of nitrogens with one attached hydrogen (secondary N) is 4. The van der Waals surface area contributed by atoms with Gasteiger partial charge in [-0.3, -0.25) is 40.9 Å². The van der Waals surface area contributed by atoms with E-state index >= 15 is 0 Å². The molecule has 0 saturated heterocycles. The molecule has 0 saturated carbocycles. The van der Waals surface area contributed by atoms with E-state index in [9.17, 15) is 19.2 Å². The third-order valence-electron chi connectivity index (χ3n) is 6.95. The van der Waals surface area contributed by atoms with Crippen LogP contribution in [0.15, 0.2) is 84.9 Å². The Kier molecular flexibility index (Phi) is 10.8. The number of unbranched alkanes of at least 4 members (excludes halogenated alkanes) is 4. The third-order valence-corrected chi connectivity index (χ3v) is 6.95. The maximum Gasteiger partial charge on any atom is 0.242 e. The van der Waals surface area contributed by atoms with Crippen LogP contribution in [0.5, 0.6) is 0 Å². The standard InChI is InChI=1S/C33H36N4O4/c38-30(34-36-32(40)22-26-16-10-14-24-12-6-8-18-28(24)26)20-4-2-1-3-5-21-31(39)35-37-33(41)23-27-17-11-15-25-13-7-9-19-29(25)27/h6-19H,1-5,20-23H2,(H,34,38)(H,35,39)(H,36,40)(H,37,41). The van der Waals surface area contributed by atoms with Crippen LogP contribution < -0.4 is 21.7 Å². The van der Waals surface area contributed by atoms with Crippen LogP contribution in [0.4, 0.5) is 0 Å². The molecule has 4 rings (SSSR count). The molecule has 0 fully saturated rings. The monoisotopic (exact) mass is 552 g/mol. The number of benzene rings is 4. The number of hydrazine groups is 2. The second-order valence-electron chi connectivity index (χ2n) is 10.1. The second kappa shape index (κ2) is 15.2. The van der Waals surface area contributed by atoms with Crippen LogP contribution in [0.1, 0.15) is 56.1 Å². The molecular formula is C33H36N4O4. The zero-order valence-corrected chi connectivity index (χ0v) is 23.1. The Hall–Kier alpha value is -4.72. The first-order valence-corrected chi connectivity index (χ1v) is 14.1. The number of carbonyl (C=O) groups excluding carboxylic acids is 4. The van der Waals surface area contributed by atoms with Crippen molar-refractivity contribution in [3.63, 3.8) is 0 Å². The van der Waals surface area contributed by atoms with Crippen molar-refractivity contribution in [1.82, 2.24) is 21.7 Å². The summed E-state index contributed by atoms with van der Waals surface area (Å²) in [5, 5.41) is 4.19. The Morgan fingerprint density at radius 1 is 0.415 bits per heavy atom. The molecule has 212 valence electrons. The fourth-order valence-corrected chi connectivity index (χ4v) is 4.83. The first kappa shape index (κ1) is 29.3. The molecule has 0 bridgehead atoms. The Morgan fingerprint density at radius 2 is 0.780 bits per heavy atom. The Balaban J connectivity index is 1.02. The summed E-state index contributed by atoms with van der Waals surface area (Å²) in [6, 6.07) is 27.4. The van der Waals surface area contributed by atoms with Gasteiger partial charge in [0.25, 0.3) is 0 Å². The van der Waals surface area contributed by atoms with Gasteiger partial charge in [0.2, 0.25) is 23.6 Å². The Labute approximate surface area is 239 Å². The van der Waals surface area contributed by atoms with Crippen molar-refractivity contribution in [2.24, 2.45) is 0 Å². The summed E-state index contributed by atoms with van der Waals surface area (Å²) in [7, 11) is 0. The van der Waals surface area contributed by atoms with E-state index in [0.717, 1.165) is 51.9 Å². The number of rotatable bonds is 12. The molecule has 0 aliphatic heterocycles. The van der Waals surface area contributed by atoms with Gasteiger partial charge in [-0.25, -0.2) is 0 Å². The van der Waals surface area contributed by atoms with E-state index in [1.54, 1.807) is 0 Å². The molecule has 0 aromatic heterocycles. The van der Waals surface area contributed by atoms with Gasteiger partial charge in [-0.15, -0.1) is 0 Å².